The van der Waals surface area contributed by atoms with Gasteiger partial charge >= 0.3 is 0 Å². The molecule has 0 spiro atoms. The lowest BCUT2D eigenvalue weighted by molar-refractivity contribution is 0.461. The number of H-pyrrole nitrogens is 1. The zero-order chi connectivity index (χ0) is 12.4. The van der Waals surface area contributed by atoms with Crippen LogP contribution in [0.4, 0.5) is 11.4 Å². The van der Waals surface area contributed by atoms with E-state index >= 15 is 0 Å². The molecular formula is C10H9BrN4O2. The van der Waals surface area contributed by atoms with Crippen molar-refractivity contribution in [3.05, 3.63) is 39.4 Å². The van der Waals surface area contributed by atoms with Crippen molar-refractivity contribution in [1.82, 2.24) is 9.97 Å². The number of nitrogens with zero attached hydrogens (tertiary/aromatic N) is 1. The fraction of sp³-hybridized carbons (Fsp3) is 0. The van der Waals surface area contributed by atoms with Gasteiger partial charge in [0, 0.05) is 5.69 Å². The lowest BCUT2D eigenvalue weighted by Crippen LogP contribution is -2.13. The minimum absolute atomic E-state index is 0.0417. The Kier molecular flexibility index (Phi) is 3.01. The van der Waals surface area contributed by atoms with Crippen molar-refractivity contribution >= 4 is 27.3 Å². The molecule has 1 heterocycles. The minimum atomic E-state index is -0.449. The summed E-state index contributed by atoms with van der Waals surface area (Å²) in [6.45, 7) is 0. The maximum Gasteiger partial charge on any atom is 0.277 e. The summed E-state index contributed by atoms with van der Waals surface area (Å²) in [7, 11) is 0. The zero-order valence-electron chi connectivity index (χ0n) is 8.61. The Labute approximate surface area is 105 Å². The van der Waals surface area contributed by atoms with E-state index in [0.29, 0.717) is 15.9 Å². The number of halogens is 1. The fourth-order valence-corrected chi connectivity index (χ4v) is 1.53. The van der Waals surface area contributed by atoms with Crippen molar-refractivity contribution in [2.75, 3.05) is 11.5 Å². The second-order valence-corrected chi connectivity index (χ2v) is 4.00. The molecule has 0 saturated heterocycles. The number of nitrogens with two attached hydrogens (primary N) is 2. The summed E-state index contributed by atoms with van der Waals surface area (Å²) < 4.78 is 6.00. The lowest BCUT2D eigenvalue weighted by atomic mass is 10.3. The van der Waals surface area contributed by atoms with Crippen LogP contribution in [0.25, 0.3) is 0 Å². The van der Waals surface area contributed by atoms with Crippen molar-refractivity contribution in [2.24, 2.45) is 0 Å². The van der Waals surface area contributed by atoms with Crippen LogP contribution in [0.5, 0.6) is 11.6 Å². The Morgan fingerprint density at radius 3 is 2.88 bits per heavy atom. The molecule has 2 rings (SSSR count). The van der Waals surface area contributed by atoms with Gasteiger partial charge in [0.05, 0.1) is 10.8 Å². The molecule has 17 heavy (non-hydrogen) atoms. The predicted octanol–water partition coefficient (Wildman–Crippen LogP) is 1.49. The van der Waals surface area contributed by atoms with Gasteiger partial charge in [0.25, 0.3) is 5.56 Å². The third-order valence-electron chi connectivity index (χ3n) is 2.05. The van der Waals surface area contributed by atoms with Gasteiger partial charge in [0.15, 0.2) is 5.69 Å². The van der Waals surface area contributed by atoms with Gasteiger partial charge in [0.1, 0.15) is 5.75 Å². The normalized spacial score (nSPS) is 10.2. The molecule has 0 aliphatic rings. The van der Waals surface area contributed by atoms with Crippen molar-refractivity contribution in [2.45, 2.75) is 0 Å². The first kappa shape index (κ1) is 11.5. The van der Waals surface area contributed by atoms with Crippen LogP contribution in [0.15, 0.2) is 33.8 Å². The number of hydrogen-bond donors (Lipinski definition) is 3. The van der Waals surface area contributed by atoms with E-state index in [9.17, 15) is 4.79 Å². The molecule has 0 saturated carbocycles. The van der Waals surface area contributed by atoms with Gasteiger partial charge in [-0.3, -0.25) is 4.79 Å². The van der Waals surface area contributed by atoms with Crippen molar-refractivity contribution < 1.29 is 4.74 Å². The monoisotopic (exact) mass is 296 g/mol. The van der Waals surface area contributed by atoms with Gasteiger partial charge in [-0.25, -0.2) is 4.98 Å². The topological polar surface area (TPSA) is 107 Å². The molecule has 0 aliphatic carbocycles. The van der Waals surface area contributed by atoms with E-state index in [0.717, 1.165) is 0 Å². The first-order valence-electron chi connectivity index (χ1n) is 4.64. The molecule has 0 amide bonds. The van der Waals surface area contributed by atoms with Gasteiger partial charge in [0.2, 0.25) is 5.88 Å². The molecule has 0 radical (unpaired) electrons. The maximum atomic E-state index is 11.2. The van der Waals surface area contributed by atoms with Gasteiger partial charge in [-0.05, 0) is 28.1 Å². The second-order valence-electron chi connectivity index (χ2n) is 3.21. The lowest BCUT2D eigenvalue weighted by Gasteiger charge is -2.09. The summed E-state index contributed by atoms with van der Waals surface area (Å²) in [6, 6.07) is 5.12. The third-order valence-corrected chi connectivity index (χ3v) is 2.90. The predicted molar refractivity (Wildman–Crippen MR) is 67.9 cm³/mol. The van der Waals surface area contributed by atoms with Crippen molar-refractivity contribution in [1.29, 1.82) is 0 Å². The first-order chi connectivity index (χ1) is 8.09. The van der Waals surface area contributed by atoms with Crippen LogP contribution in [0.1, 0.15) is 0 Å². The van der Waals surface area contributed by atoms with Crippen molar-refractivity contribution in [3.63, 3.8) is 0 Å². The highest BCUT2D eigenvalue weighted by Crippen LogP contribution is 2.33. The van der Waals surface area contributed by atoms with Crippen LogP contribution in [-0.2, 0) is 0 Å². The van der Waals surface area contributed by atoms with Crippen LogP contribution in [0.2, 0.25) is 0 Å². The third kappa shape index (κ3) is 2.23. The highest BCUT2D eigenvalue weighted by Gasteiger charge is 2.10. The molecule has 1 aromatic heterocycles. The molecule has 88 valence electrons. The quantitative estimate of drug-likeness (QED) is 0.728. The zero-order valence-corrected chi connectivity index (χ0v) is 10.2. The van der Waals surface area contributed by atoms with Crippen LogP contribution < -0.4 is 21.8 Å². The number of benzene rings is 1. The van der Waals surface area contributed by atoms with Crippen molar-refractivity contribution in [3.8, 4) is 11.6 Å². The standard InChI is InChI=1S/C10H9BrN4O2/c11-7-5(12)2-1-3-6(7)17-10-8(13)9(16)14-4-15-10/h1-4H,12-13H2,(H,14,15,16). The number of nitrogens with one attached hydrogen (secondary N) is 1. The molecular weight excluding hydrogens is 288 g/mol. The summed E-state index contributed by atoms with van der Waals surface area (Å²) in [5.74, 6) is 0.481. The summed E-state index contributed by atoms with van der Waals surface area (Å²) in [5.41, 5.74) is 11.2. The first-order valence-corrected chi connectivity index (χ1v) is 5.44. The molecule has 0 bridgehead atoms. The molecule has 6 nitrogen and oxygen atoms in total. The molecule has 0 atom stereocenters. The highest BCUT2D eigenvalue weighted by molar-refractivity contribution is 9.10. The highest BCUT2D eigenvalue weighted by atomic mass is 79.9. The smallest absolute Gasteiger partial charge is 0.277 e. The van der Waals surface area contributed by atoms with Gasteiger partial charge < -0.3 is 21.2 Å². The molecule has 7 heteroatoms. The average Bonchev–Trinajstić information content (AvgIpc) is 2.31. The van der Waals surface area contributed by atoms with Gasteiger partial charge in [-0.1, -0.05) is 6.07 Å². The molecule has 1 aromatic carbocycles. The fourth-order valence-electron chi connectivity index (χ4n) is 1.19. The Morgan fingerprint density at radius 1 is 1.35 bits per heavy atom. The van der Waals surface area contributed by atoms with Gasteiger partial charge in [-0.2, -0.15) is 0 Å². The van der Waals surface area contributed by atoms with E-state index in [-0.39, 0.29) is 11.6 Å². The largest absolute Gasteiger partial charge is 0.436 e. The number of aromatic nitrogens is 2. The van der Waals surface area contributed by atoms with Gasteiger partial charge in [-0.15, -0.1) is 0 Å². The van der Waals surface area contributed by atoms with Crippen LogP contribution >= 0.6 is 15.9 Å². The molecule has 0 fully saturated rings. The molecule has 0 unspecified atom stereocenters. The molecule has 5 N–H and O–H groups in total. The SMILES string of the molecule is Nc1cccc(Oc2nc[nH]c(=O)c2N)c1Br. The molecule has 0 aliphatic heterocycles. The molecule has 2 aromatic rings. The summed E-state index contributed by atoms with van der Waals surface area (Å²) in [6.07, 6.45) is 1.22. The van der Waals surface area contributed by atoms with E-state index in [4.69, 9.17) is 16.2 Å². The number of rotatable bonds is 2. The van der Waals surface area contributed by atoms with Crippen LogP contribution in [-0.4, -0.2) is 9.97 Å². The Balaban J connectivity index is 2.42. The summed E-state index contributed by atoms with van der Waals surface area (Å²) >= 11 is 3.28. The Bertz CT molecular complexity index is 611. The second kappa shape index (κ2) is 4.46. The van der Waals surface area contributed by atoms with E-state index in [1.807, 2.05) is 0 Å². The Morgan fingerprint density at radius 2 is 2.12 bits per heavy atom. The number of ether oxygens (including phenoxy) is 1. The number of nitrogen functional groups attached to an aromatic ring is 2. The van der Waals surface area contributed by atoms with E-state index in [2.05, 4.69) is 25.9 Å². The Hall–Kier alpha value is -2.02. The van der Waals surface area contributed by atoms with Crippen LogP contribution in [0.3, 0.4) is 0 Å². The van der Waals surface area contributed by atoms with E-state index in [1.165, 1.54) is 6.33 Å². The summed E-state index contributed by atoms with van der Waals surface area (Å²) in [4.78, 5) is 17.4. The van der Waals surface area contributed by atoms with E-state index in [1.54, 1.807) is 18.2 Å². The summed E-state index contributed by atoms with van der Waals surface area (Å²) in [5, 5.41) is 0. The maximum absolute atomic E-state index is 11.2. The number of hydrogen-bond acceptors (Lipinski definition) is 5. The van der Waals surface area contributed by atoms with E-state index < -0.39 is 5.56 Å². The number of aromatic amines is 1. The van der Waals surface area contributed by atoms with Crippen LogP contribution in [0, 0.1) is 0 Å². The average molecular weight is 297 g/mol. The minimum Gasteiger partial charge on any atom is -0.436 e. The number of anilines is 2.